The van der Waals surface area contributed by atoms with Crippen molar-refractivity contribution in [1.29, 1.82) is 0 Å². The van der Waals surface area contributed by atoms with Gasteiger partial charge >= 0.3 is 12.2 Å². The van der Waals surface area contributed by atoms with Gasteiger partial charge in [0.15, 0.2) is 0 Å². The molecule has 414 valence electrons. The van der Waals surface area contributed by atoms with Gasteiger partial charge in [0.2, 0.25) is 12.1 Å². The van der Waals surface area contributed by atoms with E-state index in [1.165, 1.54) is 86.2 Å². The minimum atomic E-state index is -1.70. The second-order valence-corrected chi connectivity index (χ2v) is 20.5. The fraction of sp³-hybridized carbons (Fsp3) is 0.576. The van der Waals surface area contributed by atoms with Gasteiger partial charge in [0.25, 0.3) is 5.69 Å². The highest BCUT2D eigenvalue weighted by atomic mass is 19.1. The topological polar surface area (TPSA) is 201 Å². The van der Waals surface area contributed by atoms with E-state index in [2.05, 4.69) is 24.9 Å². The second kappa shape index (κ2) is 29.6. The predicted octanol–water partition coefficient (Wildman–Crippen LogP) is 12.6. The van der Waals surface area contributed by atoms with E-state index in [9.17, 15) is 29.5 Å². The maximum Gasteiger partial charge on any atom is 0.416 e. The molecule has 0 bridgehead atoms. The zero-order valence-electron chi connectivity index (χ0n) is 44.3. The molecule has 0 aromatic heterocycles. The molecule has 3 N–H and O–H groups in total. The lowest BCUT2D eigenvalue weighted by molar-refractivity contribution is -0.384. The minimum absolute atomic E-state index is 0.00403. The first kappa shape index (κ1) is 57.8. The average molecular weight is 1060 g/mol. The van der Waals surface area contributed by atoms with Crippen LogP contribution in [0.5, 0.6) is 17.2 Å². The Kier molecular flexibility index (Phi) is 22.5. The summed E-state index contributed by atoms with van der Waals surface area (Å²) in [5, 5.41) is 39.6. The Labute approximate surface area is 447 Å². The van der Waals surface area contributed by atoms with E-state index >= 15 is 4.79 Å². The molecule has 1 unspecified atom stereocenters. The number of non-ortho nitro benzene ring substituents is 1. The molecular weight excluding hydrogens is 976 g/mol. The summed E-state index contributed by atoms with van der Waals surface area (Å²) in [6.45, 7) is 7.14. The van der Waals surface area contributed by atoms with Gasteiger partial charge in [-0.2, -0.15) is 0 Å². The number of benzene rings is 3. The smallest absolute Gasteiger partial charge is 0.416 e. The molecule has 2 aliphatic heterocycles. The maximum absolute atomic E-state index is 15.1. The van der Waals surface area contributed by atoms with E-state index in [1.54, 1.807) is 30.3 Å². The molecule has 2 aliphatic carbocycles. The molecule has 0 radical (unpaired) electrons. The summed E-state index contributed by atoms with van der Waals surface area (Å²) < 4.78 is 47.1. The van der Waals surface area contributed by atoms with Gasteiger partial charge in [-0.1, -0.05) is 107 Å². The van der Waals surface area contributed by atoms with Gasteiger partial charge in [0.1, 0.15) is 29.1 Å². The standard InChI is InChI=1S/C59H79FN4O12/c1-3-5-6-7-8-9-10-11-12-16-33-61-57(67)73-47-31-32-52-50(39-47)55-48(21-14-18-35-66)43(20-13-17-34-65)38-49-51(62-76-54-22-15-19-37-71-54)40-53(59(75-52,56(49)55)72-36-4-2)63(41-42-23-25-44(60)26-24-42)58(68)74-46-29-27-45(28-30-46)64(69)70/h4,23-32,38-39,43,48,53-56,65-66H,2-3,5-22,33-37,40-41H2,1H3,(H,61,67)/t43-,48+,53-,54?,55+,56+,59+/m0/s1. The minimum Gasteiger partial charge on any atom is -0.459 e. The second-order valence-electron chi connectivity index (χ2n) is 20.5. The number of ether oxygens (including phenoxy) is 5. The molecule has 76 heavy (non-hydrogen) atoms. The Balaban J connectivity index is 1.31. The number of oxime groups is 1. The Hall–Kier alpha value is -5.88. The zero-order chi connectivity index (χ0) is 53.7. The van der Waals surface area contributed by atoms with E-state index in [-0.39, 0.29) is 56.1 Å². The monoisotopic (exact) mass is 1050 g/mol. The molecule has 2 amide bonds. The zero-order valence-corrected chi connectivity index (χ0v) is 44.3. The summed E-state index contributed by atoms with van der Waals surface area (Å²) in [4.78, 5) is 47.4. The number of nitro groups is 1. The molecular formula is C59H79FN4O12. The number of nitrogens with one attached hydrogen (secondary N) is 1. The van der Waals surface area contributed by atoms with Crippen molar-refractivity contribution in [2.45, 2.75) is 166 Å². The highest BCUT2D eigenvalue weighted by molar-refractivity contribution is 6.03. The van der Waals surface area contributed by atoms with Crippen molar-refractivity contribution in [3.8, 4) is 17.2 Å². The highest BCUT2D eigenvalue weighted by Crippen LogP contribution is 2.62. The molecule has 0 spiro atoms. The number of allylic oxidation sites excluding steroid dienone is 1. The molecule has 16 nitrogen and oxygen atoms in total. The van der Waals surface area contributed by atoms with Crippen LogP contribution in [0.15, 0.2) is 96.2 Å². The average Bonchev–Trinajstić information content (AvgIpc) is 3.62. The number of nitrogens with zero attached hydrogens (tertiary/aromatic N) is 3. The molecule has 7 rings (SSSR count). The fourth-order valence-corrected chi connectivity index (χ4v) is 11.5. The number of amides is 2. The highest BCUT2D eigenvalue weighted by Gasteiger charge is 2.66. The molecule has 3 aromatic rings. The van der Waals surface area contributed by atoms with E-state index in [1.807, 2.05) is 6.07 Å². The Bertz CT molecular complexity index is 2400. The molecule has 1 saturated heterocycles. The molecule has 3 aromatic carbocycles. The van der Waals surface area contributed by atoms with Gasteiger partial charge in [0.05, 0.1) is 29.8 Å². The summed E-state index contributed by atoms with van der Waals surface area (Å²) in [6, 6.07) is 15.2. The summed E-state index contributed by atoms with van der Waals surface area (Å²) in [6.07, 6.45) is 19.9. The number of rotatable bonds is 30. The van der Waals surface area contributed by atoms with Crippen molar-refractivity contribution in [2.75, 3.05) is 33.0 Å². The van der Waals surface area contributed by atoms with Crippen molar-refractivity contribution in [2.24, 2.45) is 22.9 Å². The van der Waals surface area contributed by atoms with E-state index < -0.39 is 52.9 Å². The molecule has 1 saturated carbocycles. The number of nitro benzene ring substituents is 1. The number of carbonyl (C=O) groups is 2. The number of aliphatic hydroxyl groups excluding tert-OH is 2. The third-order valence-corrected chi connectivity index (χ3v) is 15.2. The third-order valence-electron chi connectivity index (χ3n) is 15.2. The van der Waals surface area contributed by atoms with Crippen LogP contribution in [-0.2, 0) is 20.9 Å². The van der Waals surface area contributed by atoms with Crippen molar-refractivity contribution in [3.63, 3.8) is 0 Å². The van der Waals surface area contributed by atoms with Crippen LogP contribution in [0.3, 0.4) is 0 Å². The summed E-state index contributed by atoms with van der Waals surface area (Å²) in [7, 11) is 0. The first-order valence-electron chi connectivity index (χ1n) is 27.9. The van der Waals surface area contributed by atoms with E-state index in [4.69, 9.17) is 33.7 Å². The number of fused-ring (bicyclic) bond motifs is 2. The van der Waals surface area contributed by atoms with Crippen LogP contribution < -0.4 is 19.5 Å². The fourth-order valence-electron chi connectivity index (χ4n) is 11.5. The predicted molar refractivity (Wildman–Crippen MR) is 287 cm³/mol. The van der Waals surface area contributed by atoms with Gasteiger partial charge in [0, 0.05) is 62.8 Å². The first-order valence-corrected chi connectivity index (χ1v) is 27.9. The quantitative estimate of drug-likeness (QED) is 0.0247. The summed E-state index contributed by atoms with van der Waals surface area (Å²) >= 11 is 0. The van der Waals surface area contributed by atoms with Crippen LogP contribution in [0.4, 0.5) is 19.7 Å². The van der Waals surface area contributed by atoms with Crippen molar-refractivity contribution < 1.29 is 57.6 Å². The van der Waals surface area contributed by atoms with Crippen LogP contribution in [-0.4, -0.2) is 89.0 Å². The van der Waals surface area contributed by atoms with Crippen LogP contribution in [0.1, 0.15) is 152 Å². The molecule has 2 fully saturated rings. The van der Waals surface area contributed by atoms with E-state index in [0.29, 0.717) is 74.5 Å². The number of unbranched alkanes of at least 4 members (excludes halogenated alkanes) is 11. The van der Waals surface area contributed by atoms with Crippen LogP contribution in [0, 0.1) is 33.7 Å². The number of carbonyl (C=O) groups excluding carboxylic acids is 2. The largest absolute Gasteiger partial charge is 0.459 e. The third kappa shape index (κ3) is 15.4. The first-order chi connectivity index (χ1) is 37.1. The lowest BCUT2D eigenvalue weighted by Crippen LogP contribution is -2.70. The van der Waals surface area contributed by atoms with Crippen molar-refractivity contribution >= 4 is 23.6 Å². The number of hydrogen-bond acceptors (Lipinski definition) is 13. The Morgan fingerprint density at radius 2 is 1.59 bits per heavy atom. The Morgan fingerprint density at radius 1 is 0.895 bits per heavy atom. The lowest BCUT2D eigenvalue weighted by Gasteiger charge is -2.59. The Morgan fingerprint density at radius 3 is 2.26 bits per heavy atom. The van der Waals surface area contributed by atoms with Crippen molar-refractivity contribution in [1.82, 2.24) is 10.2 Å². The normalized spacial score (nSPS) is 23.1. The maximum atomic E-state index is 15.1. The summed E-state index contributed by atoms with van der Waals surface area (Å²) in [5.74, 6) is -2.74. The van der Waals surface area contributed by atoms with Crippen molar-refractivity contribution in [3.05, 3.63) is 118 Å². The number of hydrogen-bond donors (Lipinski definition) is 3. The van der Waals surface area contributed by atoms with Crippen LogP contribution >= 0.6 is 0 Å². The van der Waals surface area contributed by atoms with Gasteiger partial charge in [-0.05, 0) is 110 Å². The van der Waals surface area contributed by atoms with Crippen LogP contribution in [0.2, 0.25) is 0 Å². The van der Waals surface area contributed by atoms with E-state index in [0.717, 1.165) is 49.7 Å². The molecule has 17 heteroatoms. The number of halogens is 1. The van der Waals surface area contributed by atoms with Gasteiger partial charge in [-0.3, -0.25) is 15.0 Å². The molecule has 2 heterocycles. The van der Waals surface area contributed by atoms with Gasteiger partial charge < -0.3 is 44.1 Å². The molecule has 7 atom stereocenters. The SMILES string of the molecule is C=CCO[C@@]12Oc3ccc(OC(=O)NCCCCCCCCCCCC)cc3[C@H]3[C@H](CCCCO)[C@@H](CCCCO)C=C(C(=NOC4CCCCO4)C[C@@H]1N(Cc1ccc(F)cc1)C(=O)Oc1ccc([N+](=O)[O-])cc1)[C@H]32. The lowest BCUT2D eigenvalue weighted by atomic mass is 9.55. The van der Waals surface area contributed by atoms with Crippen LogP contribution in [0.25, 0.3) is 0 Å². The number of aliphatic hydroxyl groups is 2. The molecule has 4 aliphatic rings. The summed E-state index contributed by atoms with van der Waals surface area (Å²) in [5.41, 5.74) is 2.43. The van der Waals surface area contributed by atoms with Gasteiger partial charge in [-0.25, -0.2) is 14.0 Å². The van der Waals surface area contributed by atoms with Gasteiger partial charge in [-0.15, -0.1) is 6.58 Å².